The van der Waals surface area contributed by atoms with Crippen LogP contribution in [0.1, 0.15) is 0 Å². The van der Waals surface area contributed by atoms with E-state index in [1.807, 2.05) is 0 Å². The van der Waals surface area contributed by atoms with Gasteiger partial charge in [0, 0.05) is 0 Å². The smallest absolute Gasteiger partial charge is 0.358 e. The van der Waals surface area contributed by atoms with Crippen molar-refractivity contribution in [2.75, 3.05) is 13.8 Å². The molecule has 0 saturated heterocycles. The molecule has 0 bridgehead atoms. The first-order valence-corrected chi connectivity index (χ1v) is 3.20. The topological polar surface area (TPSA) is 80.2 Å². The number of hydrogen-bond donors (Lipinski definition) is 1. The molecule has 0 aromatic carbocycles. The third-order valence-electron chi connectivity index (χ3n) is 0.432. The highest BCUT2D eigenvalue weighted by Gasteiger charge is 2.06. The van der Waals surface area contributed by atoms with Crippen molar-refractivity contribution in [2.24, 2.45) is 0 Å². The summed E-state index contributed by atoms with van der Waals surface area (Å²) in [4.78, 5) is 0. The Kier molecular flexibility index (Phi) is 6.04. The summed E-state index contributed by atoms with van der Waals surface area (Å²) in [5.41, 5.74) is 3.14. The quantitative estimate of drug-likeness (QED) is 0.401. The van der Waals surface area contributed by atoms with Crippen molar-refractivity contribution in [2.45, 2.75) is 0 Å². The molecule has 0 radical (unpaired) electrons. The van der Waals surface area contributed by atoms with Crippen LogP contribution in [0.2, 0.25) is 0 Å². The lowest BCUT2D eigenvalue weighted by Crippen LogP contribution is -2.52. The lowest BCUT2D eigenvalue weighted by molar-refractivity contribution is -0.413. The first-order chi connectivity index (χ1) is 3.62. The summed E-state index contributed by atoms with van der Waals surface area (Å²) in [6.07, 6.45) is 0. The molecule has 0 unspecified atom stereocenters. The lowest BCUT2D eigenvalue weighted by Gasteiger charge is -1.93. The maximum Gasteiger partial charge on any atom is 0.404 e. The van der Waals surface area contributed by atoms with Gasteiger partial charge in [0.1, 0.15) is 0 Å². The fraction of sp³-hybridized carbons (Fsp3) is 0.667. The van der Waals surface area contributed by atoms with Gasteiger partial charge in [0.15, 0.2) is 6.73 Å². The Bertz CT molecular complexity index is 140. The summed E-state index contributed by atoms with van der Waals surface area (Å²) in [6, 6.07) is 0. The molecule has 0 amide bonds. The Labute approximate surface area is 55.1 Å². The number of quaternary nitrogens is 1. The Morgan fingerprint density at radius 1 is 1.56 bits per heavy atom. The van der Waals surface area contributed by atoms with Gasteiger partial charge in [0.25, 0.3) is 0 Å². The minimum absolute atomic E-state index is 0. The van der Waals surface area contributed by atoms with Gasteiger partial charge in [0.2, 0.25) is 0 Å². The molecule has 58 valence electrons. The van der Waals surface area contributed by atoms with E-state index in [1.54, 1.807) is 0 Å². The first kappa shape index (κ1) is 11.6. The van der Waals surface area contributed by atoms with E-state index in [4.69, 9.17) is 0 Å². The number of rotatable bonds is 3. The molecule has 3 N–H and O–H groups in total. The van der Waals surface area contributed by atoms with E-state index in [9.17, 15) is 8.42 Å². The zero-order valence-corrected chi connectivity index (χ0v) is 6.27. The second kappa shape index (κ2) is 4.68. The number of hydrogen-bond acceptors (Lipinski definition) is 4. The SMILES string of the molecule is COS(=O)(=O)OC[NH3+].[CH3-]. The predicted molar refractivity (Wildman–Crippen MR) is 31.2 cm³/mol. The molecule has 0 heterocycles. The van der Waals surface area contributed by atoms with E-state index in [-0.39, 0.29) is 14.2 Å². The van der Waals surface area contributed by atoms with E-state index < -0.39 is 10.4 Å². The van der Waals surface area contributed by atoms with Gasteiger partial charge in [-0.3, -0.25) is 4.18 Å². The van der Waals surface area contributed by atoms with Crippen molar-refractivity contribution in [3.63, 3.8) is 0 Å². The average Bonchev–Trinajstić information content (AvgIpc) is 1.67. The van der Waals surface area contributed by atoms with Crippen LogP contribution in [0.25, 0.3) is 0 Å². The second-order valence-electron chi connectivity index (χ2n) is 0.897. The standard InChI is InChI=1S/C2H7NO4S.CH3/c1-6-8(4,5)7-2-3;/h2-3H2,1H3;1H3/q;-1/p+1. The third kappa shape index (κ3) is 5.71. The Hall–Kier alpha value is -0.170. The summed E-state index contributed by atoms with van der Waals surface area (Å²) in [5.74, 6) is 0. The van der Waals surface area contributed by atoms with Gasteiger partial charge in [0.05, 0.1) is 7.11 Å². The van der Waals surface area contributed by atoms with Crippen LogP contribution in [0.15, 0.2) is 0 Å². The van der Waals surface area contributed by atoms with Gasteiger partial charge in [-0.25, -0.2) is 0 Å². The monoisotopic (exact) mass is 157 g/mol. The van der Waals surface area contributed by atoms with E-state index >= 15 is 0 Å². The van der Waals surface area contributed by atoms with Crippen LogP contribution in [0.5, 0.6) is 0 Å². The van der Waals surface area contributed by atoms with Crippen molar-refractivity contribution >= 4 is 10.4 Å². The molecule has 0 aliphatic heterocycles. The first-order valence-electron chi connectivity index (χ1n) is 1.86. The molecule has 6 heteroatoms. The van der Waals surface area contributed by atoms with Crippen LogP contribution >= 0.6 is 0 Å². The molecule has 0 fully saturated rings. The molecule has 0 aromatic heterocycles. The van der Waals surface area contributed by atoms with E-state index in [0.717, 1.165) is 7.11 Å². The molecule has 0 saturated carbocycles. The van der Waals surface area contributed by atoms with Crippen molar-refractivity contribution in [3.05, 3.63) is 7.43 Å². The van der Waals surface area contributed by atoms with Crippen molar-refractivity contribution in [3.8, 4) is 0 Å². The van der Waals surface area contributed by atoms with Crippen LogP contribution < -0.4 is 5.73 Å². The van der Waals surface area contributed by atoms with Gasteiger partial charge in [-0.05, 0) is 0 Å². The minimum Gasteiger partial charge on any atom is -0.358 e. The molecule has 0 spiro atoms. The van der Waals surface area contributed by atoms with E-state index in [0.29, 0.717) is 0 Å². The lowest BCUT2D eigenvalue weighted by atomic mass is 11.4. The van der Waals surface area contributed by atoms with Crippen LogP contribution in [-0.2, 0) is 18.8 Å². The highest BCUT2D eigenvalue weighted by Crippen LogP contribution is 1.87. The Morgan fingerprint density at radius 2 is 2.00 bits per heavy atom. The van der Waals surface area contributed by atoms with Crippen LogP contribution in [-0.4, -0.2) is 22.3 Å². The predicted octanol–water partition coefficient (Wildman–Crippen LogP) is -1.46. The molecule has 0 aromatic rings. The van der Waals surface area contributed by atoms with Gasteiger partial charge in [-0.2, -0.15) is 12.6 Å². The second-order valence-corrected chi connectivity index (χ2v) is 2.28. The summed E-state index contributed by atoms with van der Waals surface area (Å²) >= 11 is 0. The van der Waals surface area contributed by atoms with E-state index in [1.165, 1.54) is 0 Å². The molecule has 0 aliphatic carbocycles. The summed E-state index contributed by atoms with van der Waals surface area (Å²) in [5, 5.41) is 0. The van der Waals surface area contributed by atoms with Crippen LogP contribution in [0, 0.1) is 7.43 Å². The largest absolute Gasteiger partial charge is 0.404 e. The highest BCUT2D eigenvalue weighted by atomic mass is 32.3. The van der Waals surface area contributed by atoms with Gasteiger partial charge in [-0.1, -0.05) is 0 Å². The summed E-state index contributed by atoms with van der Waals surface area (Å²) in [6.45, 7) is -0.143. The maximum atomic E-state index is 10.1. The fourth-order valence-electron chi connectivity index (χ4n) is 0.150. The van der Waals surface area contributed by atoms with Gasteiger partial charge < -0.3 is 13.2 Å². The van der Waals surface area contributed by atoms with Crippen molar-refractivity contribution < 1.29 is 22.5 Å². The Morgan fingerprint density at radius 3 is 2.11 bits per heavy atom. The molecule has 0 atom stereocenters. The summed E-state index contributed by atoms with van der Waals surface area (Å²) in [7, 11) is -2.71. The molecule has 5 nitrogen and oxygen atoms in total. The normalized spacial score (nSPS) is 10.4. The molecule has 0 aliphatic rings. The van der Waals surface area contributed by atoms with Crippen molar-refractivity contribution in [1.29, 1.82) is 0 Å². The van der Waals surface area contributed by atoms with Crippen molar-refractivity contribution in [1.82, 2.24) is 0 Å². The van der Waals surface area contributed by atoms with Crippen LogP contribution in [0.3, 0.4) is 0 Å². The molecule has 9 heavy (non-hydrogen) atoms. The molecule has 0 rings (SSSR count). The maximum absolute atomic E-state index is 10.1. The van der Waals surface area contributed by atoms with Gasteiger partial charge >= 0.3 is 10.4 Å². The van der Waals surface area contributed by atoms with Crippen LogP contribution in [0.4, 0.5) is 0 Å². The van der Waals surface area contributed by atoms with E-state index in [2.05, 4.69) is 14.1 Å². The molecular formula is C3H11NO4S. The third-order valence-corrected chi connectivity index (χ3v) is 1.30. The minimum atomic E-state index is -3.73. The average molecular weight is 157 g/mol. The zero-order valence-electron chi connectivity index (χ0n) is 5.46. The molecular weight excluding hydrogens is 146 g/mol. The fourth-order valence-corrected chi connectivity index (χ4v) is 0.451. The van der Waals surface area contributed by atoms with Gasteiger partial charge in [-0.15, -0.1) is 0 Å². The Balaban J connectivity index is 0. The summed E-state index contributed by atoms with van der Waals surface area (Å²) < 4.78 is 28.1. The zero-order chi connectivity index (χ0) is 6.62. The highest BCUT2D eigenvalue weighted by molar-refractivity contribution is 7.81.